The van der Waals surface area contributed by atoms with Crippen LogP contribution in [0.5, 0.6) is 0 Å². The number of hydrogen-bond donors (Lipinski definition) is 1. The number of hydrogen-bond acceptors (Lipinski definition) is 5. The van der Waals surface area contributed by atoms with Gasteiger partial charge in [0, 0.05) is 26.1 Å². The van der Waals surface area contributed by atoms with Crippen molar-refractivity contribution in [1.82, 2.24) is 19.4 Å². The van der Waals surface area contributed by atoms with Crippen LogP contribution < -0.4 is 15.9 Å². The molecule has 4 rings (SSSR count). The fourth-order valence-corrected chi connectivity index (χ4v) is 4.60. The number of anilines is 1. The van der Waals surface area contributed by atoms with Gasteiger partial charge in [0.15, 0.2) is 0 Å². The number of imide groups is 1. The zero-order valence-corrected chi connectivity index (χ0v) is 16.9. The van der Waals surface area contributed by atoms with Gasteiger partial charge in [0.2, 0.25) is 11.8 Å². The van der Waals surface area contributed by atoms with Gasteiger partial charge in [-0.05, 0) is 39.1 Å². The average molecular weight is 403 g/mol. The van der Waals surface area contributed by atoms with E-state index >= 15 is 0 Å². The fraction of sp³-hybridized carbons (Fsp3) is 0.550. The smallest absolute Gasteiger partial charge is 0.329 e. The molecule has 0 bridgehead atoms. The van der Waals surface area contributed by atoms with Crippen LogP contribution in [0.3, 0.4) is 0 Å². The Labute approximate surface area is 167 Å². The van der Waals surface area contributed by atoms with Gasteiger partial charge < -0.3 is 9.80 Å². The van der Waals surface area contributed by atoms with Crippen molar-refractivity contribution in [3.05, 3.63) is 28.7 Å². The van der Waals surface area contributed by atoms with Crippen LogP contribution in [0.1, 0.15) is 25.3 Å². The summed E-state index contributed by atoms with van der Waals surface area (Å²) in [7, 11) is 5.44. The molecule has 156 valence electrons. The molecule has 0 spiro atoms. The Morgan fingerprint density at radius 2 is 1.93 bits per heavy atom. The standard InChI is InChI=1S/C20H26FN5O3/c1-23(2)13-9-10-25(11-12(13)21)14-5-4-6-15-18(14)24(3)20(29)26(15)16-7-8-17(27)22-19(16)28/h4-6,12-13,16H,7-11H2,1-3H3,(H,22,27,28). The van der Waals surface area contributed by atoms with Gasteiger partial charge in [0.1, 0.15) is 12.2 Å². The van der Waals surface area contributed by atoms with E-state index in [0.29, 0.717) is 24.0 Å². The molecule has 3 atom stereocenters. The summed E-state index contributed by atoms with van der Waals surface area (Å²) in [6.45, 7) is 0.930. The van der Waals surface area contributed by atoms with E-state index in [1.807, 2.05) is 36.0 Å². The number of halogens is 1. The summed E-state index contributed by atoms with van der Waals surface area (Å²) in [5.74, 6) is -0.783. The van der Waals surface area contributed by atoms with E-state index < -0.39 is 18.1 Å². The first kappa shape index (κ1) is 19.6. The summed E-state index contributed by atoms with van der Waals surface area (Å²) in [5.41, 5.74) is 1.77. The molecule has 1 aromatic heterocycles. The van der Waals surface area contributed by atoms with Crippen molar-refractivity contribution < 1.29 is 14.0 Å². The zero-order chi connectivity index (χ0) is 20.9. The summed E-state index contributed by atoms with van der Waals surface area (Å²) in [6.07, 6.45) is 0.171. The molecule has 9 heteroatoms. The lowest BCUT2D eigenvalue weighted by Gasteiger charge is -2.39. The number of fused-ring (bicyclic) bond motifs is 1. The summed E-state index contributed by atoms with van der Waals surface area (Å²) >= 11 is 0. The fourth-order valence-electron chi connectivity index (χ4n) is 4.60. The van der Waals surface area contributed by atoms with E-state index in [-0.39, 0.29) is 37.0 Å². The Morgan fingerprint density at radius 1 is 1.17 bits per heavy atom. The number of imidazole rings is 1. The summed E-state index contributed by atoms with van der Waals surface area (Å²) in [6, 6.07) is 4.66. The van der Waals surface area contributed by atoms with E-state index in [1.54, 1.807) is 13.1 Å². The van der Waals surface area contributed by atoms with Crippen molar-refractivity contribution in [3.63, 3.8) is 0 Å². The molecule has 0 saturated carbocycles. The highest BCUT2D eigenvalue weighted by Crippen LogP contribution is 2.32. The van der Waals surface area contributed by atoms with Gasteiger partial charge >= 0.3 is 5.69 Å². The minimum absolute atomic E-state index is 0.123. The van der Waals surface area contributed by atoms with Crippen LogP contribution in [0.2, 0.25) is 0 Å². The van der Waals surface area contributed by atoms with E-state index in [9.17, 15) is 18.8 Å². The molecular weight excluding hydrogens is 377 g/mol. The van der Waals surface area contributed by atoms with Crippen LogP contribution >= 0.6 is 0 Å². The van der Waals surface area contributed by atoms with Gasteiger partial charge in [0.25, 0.3) is 0 Å². The number of alkyl halides is 1. The summed E-state index contributed by atoms with van der Waals surface area (Å²) in [5, 5.41) is 2.32. The Balaban J connectivity index is 1.76. The first-order valence-corrected chi connectivity index (χ1v) is 9.88. The molecule has 1 N–H and O–H groups in total. The molecule has 2 fully saturated rings. The Bertz CT molecular complexity index is 1030. The highest BCUT2D eigenvalue weighted by molar-refractivity contribution is 6.00. The van der Waals surface area contributed by atoms with Crippen LogP contribution in [-0.2, 0) is 16.6 Å². The number of aromatic nitrogens is 2. The third-order valence-electron chi connectivity index (χ3n) is 6.11. The normalized spacial score (nSPS) is 25.7. The first-order chi connectivity index (χ1) is 13.8. The quantitative estimate of drug-likeness (QED) is 0.767. The maximum atomic E-state index is 14.8. The van der Waals surface area contributed by atoms with E-state index in [4.69, 9.17) is 0 Å². The predicted molar refractivity (Wildman–Crippen MR) is 108 cm³/mol. The molecule has 2 aliphatic heterocycles. The molecule has 29 heavy (non-hydrogen) atoms. The van der Waals surface area contributed by atoms with E-state index in [1.165, 1.54) is 9.13 Å². The monoisotopic (exact) mass is 403 g/mol. The molecule has 8 nitrogen and oxygen atoms in total. The number of nitrogens with zero attached hydrogens (tertiary/aromatic N) is 4. The van der Waals surface area contributed by atoms with Crippen LogP contribution in [0.4, 0.5) is 10.1 Å². The van der Waals surface area contributed by atoms with Crippen LogP contribution in [-0.4, -0.2) is 65.2 Å². The number of aryl methyl sites for hydroxylation is 1. The number of carbonyl (C=O) groups is 2. The molecule has 2 saturated heterocycles. The largest absolute Gasteiger partial charge is 0.367 e. The summed E-state index contributed by atoms with van der Waals surface area (Å²) < 4.78 is 17.7. The van der Waals surface area contributed by atoms with Gasteiger partial charge in [-0.2, -0.15) is 0 Å². The lowest BCUT2D eigenvalue weighted by Crippen LogP contribution is -2.50. The molecule has 0 aliphatic carbocycles. The van der Waals surface area contributed by atoms with Gasteiger partial charge in [-0.15, -0.1) is 0 Å². The van der Waals surface area contributed by atoms with Crippen molar-refractivity contribution in [3.8, 4) is 0 Å². The lowest BCUT2D eigenvalue weighted by atomic mass is 10.0. The number of para-hydroxylation sites is 1. The predicted octanol–water partition coefficient (Wildman–Crippen LogP) is 0.796. The number of amides is 2. The van der Waals surface area contributed by atoms with Gasteiger partial charge in [-0.3, -0.25) is 24.0 Å². The average Bonchev–Trinajstić information content (AvgIpc) is 2.92. The second-order valence-electron chi connectivity index (χ2n) is 8.11. The van der Waals surface area contributed by atoms with Crippen molar-refractivity contribution in [2.24, 2.45) is 7.05 Å². The topological polar surface area (TPSA) is 79.6 Å². The highest BCUT2D eigenvalue weighted by atomic mass is 19.1. The Hall–Kier alpha value is -2.68. The Kier molecular flexibility index (Phi) is 4.94. The van der Waals surface area contributed by atoms with Crippen molar-refractivity contribution >= 4 is 28.5 Å². The molecular formula is C20H26FN5O3. The van der Waals surface area contributed by atoms with Crippen molar-refractivity contribution in [2.75, 3.05) is 32.1 Å². The Morgan fingerprint density at radius 3 is 2.59 bits per heavy atom. The molecule has 2 amide bonds. The lowest BCUT2D eigenvalue weighted by molar-refractivity contribution is -0.135. The molecule has 2 aromatic rings. The molecule has 0 radical (unpaired) electrons. The minimum Gasteiger partial charge on any atom is -0.367 e. The number of rotatable bonds is 3. The molecule has 1 aromatic carbocycles. The first-order valence-electron chi connectivity index (χ1n) is 9.88. The SMILES string of the molecule is CN(C)C1CCN(c2cccc3c2n(C)c(=O)n3C2CCC(=O)NC2=O)CC1F. The number of nitrogens with one attached hydrogen (secondary N) is 1. The van der Waals surface area contributed by atoms with Crippen LogP contribution in [0.25, 0.3) is 11.0 Å². The second kappa shape index (κ2) is 7.29. The molecule has 3 heterocycles. The number of benzene rings is 1. The number of piperidine rings is 2. The van der Waals surface area contributed by atoms with Gasteiger partial charge in [-0.25, -0.2) is 9.18 Å². The van der Waals surface area contributed by atoms with Crippen molar-refractivity contribution in [2.45, 2.75) is 37.5 Å². The van der Waals surface area contributed by atoms with Gasteiger partial charge in [-0.1, -0.05) is 6.07 Å². The third kappa shape index (κ3) is 3.23. The highest BCUT2D eigenvalue weighted by Gasteiger charge is 2.34. The number of carbonyl (C=O) groups excluding carboxylic acids is 2. The van der Waals surface area contributed by atoms with Crippen molar-refractivity contribution in [1.29, 1.82) is 0 Å². The third-order valence-corrected chi connectivity index (χ3v) is 6.11. The van der Waals surface area contributed by atoms with E-state index in [2.05, 4.69) is 5.32 Å². The van der Waals surface area contributed by atoms with E-state index in [0.717, 1.165) is 5.69 Å². The van der Waals surface area contributed by atoms with Crippen LogP contribution in [0, 0.1) is 0 Å². The minimum atomic E-state index is -0.997. The second-order valence-corrected chi connectivity index (χ2v) is 8.11. The zero-order valence-electron chi connectivity index (χ0n) is 16.9. The van der Waals surface area contributed by atoms with Crippen LogP contribution in [0.15, 0.2) is 23.0 Å². The summed E-state index contributed by atoms with van der Waals surface area (Å²) in [4.78, 5) is 40.8. The maximum Gasteiger partial charge on any atom is 0.329 e. The maximum absolute atomic E-state index is 14.8. The van der Waals surface area contributed by atoms with Gasteiger partial charge in [0.05, 0.1) is 23.3 Å². The molecule has 2 aliphatic rings. The molecule has 3 unspecified atom stereocenters.